The molecule has 0 atom stereocenters. The molecule has 2 aromatic rings. The van der Waals surface area contributed by atoms with Gasteiger partial charge in [0.05, 0.1) is 21.2 Å². The van der Waals surface area contributed by atoms with Gasteiger partial charge in [0, 0.05) is 5.39 Å². The van der Waals surface area contributed by atoms with E-state index < -0.39 is 11.7 Å². The van der Waals surface area contributed by atoms with Crippen LogP contribution in [0.1, 0.15) is 31.3 Å². The number of nitrogens with zero attached hydrogens (tertiary/aromatic N) is 1. The van der Waals surface area contributed by atoms with Crippen LogP contribution in [0.4, 0.5) is 10.5 Å². The summed E-state index contributed by atoms with van der Waals surface area (Å²) < 4.78 is 5.19. The van der Waals surface area contributed by atoms with E-state index in [4.69, 9.17) is 27.9 Å². The molecule has 0 spiro atoms. The molecule has 22 heavy (non-hydrogen) atoms. The molecule has 0 radical (unpaired) electrons. The molecule has 1 heterocycles. The summed E-state index contributed by atoms with van der Waals surface area (Å²) in [6, 6.07) is 4.62. The average Bonchev–Trinajstić information content (AvgIpc) is 2.41. The van der Waals surface area contributed by atoms with Crippen molar-refractivity contribution in [3.05, 3.63) is 33.9 Å². The number of pyridine rings is 1. The Morgan fingerprint density at radius 1 is 1.32 bits per heavy atom. The molecule has 1 aromatic heterocycles. The van der Waals surface area contributed by atoms with Crippen molar-refractivity contribution in [3.63, 3.8) is 0 Å². The average molecular weight is 341 g/mol. The van der Waals surface area contributed by atoms with Gasteiger partial charge in [0.1, 0.15) is 11.3 Å². The van der Waals surface area contributed by atoms with Crippen LogP contribution in [0, 0.1) is 0 Å². The summed E-state index contributed by atoms with van der Waals surface area (Å²) in [5.41, 5.74) is 0.266. The van der Waals surface area contributed by atoms with E-state index in [0.717, 1.165) is 0 Å². The van der Waals surface area contributed by atoms with Crippen LogP contribution < -0.4 is 5.32 Å². The maximum Gasteiger partial charge on any atom is 0.412 e. The lowest BCUT2D eigenvalue weighted by atomic mass is 10.1. The summed E-state index contributed by atoms with van der Waals surface area (Å²) in [6.07, 6.45) is -0.0374. The lowest BCUT2D eigenvalue weighted by molar-refractivity contribution is 0.0636. The number of aromatic nitrogens is 1. The first kappa shape index (κ1) is 16.5. The van der Waals surface area contributed by atoms with Crippen molar-refractivity contribution in [1.82, 2.24) is 4.98 Å². The molecular formula is C15H14Cl2N2O3. The van der Waals surface area contributed by atoms with Gasteiger partial charge in [-0.1, -0.05) is 23.2 Å². The Hall–Kier alpha value is -1.85. The fraction of sp³-hybridized carbons (Fsp3) is 0.267. The predicted molar refractivity (Wildman–Crippen MR) is 87.0 cm³/mol. The smallest absolute Gasteiger partial charge is 0.412 e. The van der Waals surface area contributed by atoms with Crippen LogP contribution in [0.25, 0.3) is 10.9 Å². The Morgan fingerprint density at radius 3 is 2.59 bits per heavy atom. The van der Waals surface area contributed by atoms with Crippen molar-refractivity contribution >= 4 is 52.2 Å². The van der Waals surface area contributed by atoms with Gasteiger partial charge in [0.25, 0.3) is 0 Å². The fourth-order valence-electron chi connectivity index (χ4n) is 1.82. The minimum Gasteiger partial charge on any atom is -0.444 e. The first-order valence-corrected chi connectivity index (χ1v) is 7.21. The maximum absolute atomic E-state index is 11.9. The van der Waals surface area contributed by atoms with Gasteiger partial charge in [-0.25, -0.2) is 9.78 Å². The van der Waals surface area contributed by atoms with Crippen LogP contribution in [0.2, 0.25) is 10.0 Å². The third-order valence-corrected chi connectivity index (χ3v) is 3.45. The van der Waals surface area contributed by atoms with E-state index in [1.807, 2.05) is 0 Å². The molecule has 0 saturated carbocycles. The number of aldehydes is 1. The second-order valence-corrected chi connectivity index (χ2v) is 6.38. The summed E-state index contributed by atoms with van der Waals surface area (Å²) in [7, 11) is 0. The van der Waals surface area contributed by atoms with Crippen molar-refractivity contribution in [2.24, 2.45) is 0 Å². The summed E-state index contributed by atoms with van der Waals surface area (Å²) in [4.78, 5) is 27.0. The number of halogens is 2. The monoisotopic (exact) mass is 340 g/mol. The third kappa shape index (κ3) is 3.67. The SMILES string of the molecule is CC(C)(C)OC(=O)Nc1cc(Cl)c(Cl)c2ccc(C=O)nc12. The van der Waals surface area contributed by atoms with Crippen LogP contribution in [-0.4, -0.2) is 23.0 Å². The zero-order valence-corrected chi connectivity index (χ0v) is 13.7. The molecule has 7 heteroatoms. The quantitative estimate of drug-likeness (QED) is 0.804. The number of carbonyl (C=O) groups excluding carboxylic acids is 2. The van der Waals surface area contributed by atoms with Gasteiger partial charge in [-0.2, -0.15) is 0 Å². The number of hydrogen-bond acceptors (Lipinski definition) is 4. The molecule has 0 aliphatic carbocycles. The number of carbonyl (C=O) groups is 2. The number of anilines is 1. The van der Waals surface area contributed by atoms with E-state index in [0.29, 0.717) is 27.9 Å². The van der Waals surface area contributed by atoms with Crippen molar-refractivity contribution in [3.8, 4) is 0 Å². The van der Waals surface area contributed by atoms with Gasteiger partial charge in [-0.15, -0.1) is 0 Å². The number of amides is 1. The van der Waals surface area contributed by atoms with Gasteiger partial charge >= 0.3 is 6.09 Å². The Labute approximate surface area is 137 Å². The van der Waals surface area contributed by atoms with Crippen molar-refractivity contribution in [2.45, 2.75) is 26.4 Å². The maximum atomic E-state index is 11.9. The highest BCUT2D eigenvalue weighted by Gasteiger charge is 2.19. The van der Waals surface area contributed by atoms with E-state index in [9.17, 15) is 9.59 Å². The van der Waals surface area contributed by atoms with Gasteiger partial charge in [-0.3, -0.25) is 10.1 Å². The second-order valence-electron chi connectivity index (χ2n) is 5.60. The highest BCUT2D eigenvalue weighted by Crippen LogP contribution is 2.35. The zero-order valence-electron chi connectivity index (χ0n) is 12.2. The number of hydrogen-bond donors (Lipinski definition) is 1. The molecule has 0 aliphatic rings. The number of fused-ring (bicyclic) bond motifs is 1. The van der Waals surface area contributed by atoms with Gasteiger partial charge in [0.2, 0.25) is 0 Å². The van der Waals surface area contributed by atoms with Crippen molar-refractivity contribution in [2.75, 3.05) is 5.32 Å². The standard InChI is InChI=1S/C15H14Cl2N2O3/c1-15(2,3)22-14(21)19-11-6-10(16)12(17)9-5-4-8(7-20)18-13(9)11/h4-7H,1-3H3,(H,19,21). The third-order valence-electron chi connectivity index (χ3n) is 2.65. The van der Waals surface area contributed by atoms with E-state index in [-0.39, 0.29) is 10.7 Å². The molecule has 1 amide bonds. The van der Waals surface area contributed by atoms with Crippen LogP contribution in [0.5, 0.6) is 0 Å². The molecule has 2 rings (SSSR count). The predicted octanol–water partition coefficient (Wildman–Crippen LogP) is 4.70. The Morgan fingerprint density at radius 2 is 2.00 bits per heavy atom. The molecule has 0 unspecified atom stereocenters. The summed E-state index contributed by atoms with van der Waals surface area (Å²) >= 11 is 12.2. The second kappa shape index (κ2) is 6.10. The van der Waals surface area contributed by atoms with E-state index in [1.165, 1.54) is 12.1 Å². The zero-order chi connectivity index (χ0) is 16.5. The summed E-state index contributed by atoms with van der Waals surface area (Å²) in [5, 5.41) is 3.68. The summed E-state index contributed by atoms with van der Waals surface area (Å²) in [5.74, 6) is 0. The first-order valence-electron chi connectivity index (χ1n) is 6.45. The van der Waals surface area contributed by atoms with Crippen molar-refractivity contribution < 1.29 is 14.3 Å². The molecule has 116 valence electrons. The highest BCUT2D eigenvalue weighted by atomic mass is 35.5. The molecule has 1 aromatic carbocycles. The lowest BCUT2D eigenvalue weighted by Gasteiger charge is -2.20. The van der Waals surface area contributed by atoms with Gasteiger partial charge in [0.15, 0.2) is 6.29 Å². The minimum absolute atomic E-state index is 0.220. The number of benzene rings is 1. The molecule has 0 fully saturated rings. The van der Waals surface area contributed by atoms with E-state index in [1.54, 1.807) is 26.8 Å². The molecule has 0 aliphatic heterocycles. The Balaban J connectivity index is 2.50. The molecule has 0 saturated heterocycles. The lowest BCUT2D eigenvalue weighted by Crippen LogP contribution is -2.27. The Bertz CT molecular complexity index is 755. The number of ether oxygens (including phenoxy) is 1. The van der Waals surface area contributed by atoms with Crippen LogP contribution >= 0.6 is 23.2 Å². The molecule has 1 N–H and O–H groups in total. The van der Waals surface area contributed by atoms with E-state index >= 15 is 0 Å². The van der Waals surface area contributed by atoms with Crippen molar-refractivity contribution in [1.29, 1.82) is 0 Å². The fourth-order valence-corrected chi connectivity index (χ4v) is 2.24. The Kier molecular flexibility index (Phi) is 4.58. The first-order chi connectivity index (χ1) is 10.2. The summed E-state index contributed by atoms with van der Waals surface area (Å²) in [6.45, 7) is 5.26. The van der Waals surface area contributed by atoms with Crippen LogP contribution in [0.15, 0.2) is 18.2 Å². The molecular weight excluding hydrogens is 327 g/mol. The molecule has 5 nitrogen and oxygen atoms in total. The van der Waals surface area contributed by atoms with Gasteiger partial charge in [-0.05, 0) is 39.0 Å². The topological polar surface area (TPSA) is 68.3 Å². The van der Waals surface area contributed by atoms with E-state index in [2.05, 4.69) is 10.3 Å². The molecule has 0 bridgehead atoms. The number of nitrogens with one attached hydrogen (secondary N) is 1. The van der Waals surface area contributed by atoms with Crippen LogP contribution in [-0.2, 0) is 4.74 Å². The highest BCUT2D eigenvalue weighted by molar-refractivity contribution is 6.45. The largest absolute Gasteiger partial charge is 0.444 e. The van der Waals surface area contributed by atoms with Gasteiger partial charge < -0.3 is 4.74 Å². The van der Waals surface area contributed by atoms with Crippen LogP contribution in [0.3, 0.4) is 0 Å². The minimum atomic E-state index is -0.648. The number of rotatable bonds is 2. The normalized spacial score (nSPS) is 11.3.